The van der Waals surface area contributed by atoms with Crippen LogP contribution < -0.4 is 5.32 Å². The fraction of sp³-hybridized carbons (Fsp3) is 0.462. The SMILES string of the molecule is Cc1cc(C)cc(C(=O)NC2CC(O)C2)c1. The Kier molecular flexibility index (Phi) is 2.97. The molecule has 0 unspecified atom stereocenters. The van der Waals surface area contributed by atoms with Crippen LogP contribution in [0.5, 0.6) is 0 Å². The van der Waals surface area contributed by atoms with E-state index in [1.54, 1.807) is 0 Å². The monoisotopic (exact) mass is 219 g/mol. The van der Waals surface area contributed by atoms with E-state index in [4.69, 9.17) is 5.11 Å². The first kappa shape index (κ1) is 11.1. The van der Waals surface area contributed by atoms with Gasteiger partial charge in [0, 0.05) is 11.6 Å². The van der Waals surface area contributed by atoms with Gasteiger partial charge in [-0.1, -0.05) is 17.2 Å². The van der Waals surface area contributed by atoms with Gasteiger partial charge in [0.25, 0.3) is 5.91 Å². The second-order valence-corrected chi connectivity index (χ2v) is 4.67. The molecule has 1 fully saturated rings. The van der Waals surface area contributed by atoms with Gasteiger partial charge in [0.15, 0.2) is 0 Å². The third-order valence-electron chi connectivity index (χ3n) is 2.93. The molecule has 0 heterocycles. The van der Waals surface area contributed by atoms with Crippen LogP contribution in [0.3, 0.4) is 0 Å². The number of benzene rings is 1. The highest BCUT2D eigenvalue weighted by atomic mass is 16.3. The lowest BCUT2D eigenvalue weighted by atomic mass is 9.89. The highest BCUT2D eigenvalue weighted by Gasteiger charge is 2.28. The van der Waals surface area contributed by atoms with Crippen LogP contribution in [-0.2, 0) is 0 Å². The van der Waals surface area contributed by atoms with Crippen LogP contribution in [0.2, 0.25) is 0 Å². The molecule has 0 saturated heterocycles. The summed E-state index contributed by atoms with van der Waals surface area (Å²) < 4.78 is 0. The highest BCUT2D eigenvalue weighted by molar-refractivity contribution is 5.94. The highest BCUT2D eigenvalue weighted by Crippen LogP contribution is 2.20. The number of carbonyl (C=O) groups is 1. The van der Waals surface area contributed by atoms with Crippen LogP contribution >= 0.6 is 0 Å². The van der Waals surface area contributed by atoms with Crippen molar-refractivity contribution in [1.29, 1.82) is 0 Å². The van der Waals surface area contributed by atoms with Crippen molar-refractivity contribution in [1.82, 2.24) is 5.32 Å². The first-order chi connectivity index (χ1) is 7.54. The average molecular weight is 219 g/mol. The largest absolute Gasteiger partial charge is 0.393 e. The number of hydrogen-bond donors (Lipinski definition) is 2. The van der Waals surface area contributed by atoms with Gasteiger partial charge < -0.3 is 10.4 Å². The lowest BCUT2D eigenvalue weighted by Gasteiger charge is -2.32. The first-order valence-electron chi connectivity index (χ1n) is 5.62. The second kappa shape index (κ2) is 4.26. The summed E-state index contributed by atoms with van der Waals surface area (Å²) in [6, 6.07) is 5.96. The molecule has 2 rings (SSSR count). The average Bonchev–Trinajstić information content (AvgIpc) is 2.13. The maximum absolute atomic E-state index is 11.9. The zero-order chi connectivity index (χ0) is 11.7. The van der Waals surface area contributed by atoms with E-state index in [2.05, 4.69) is 5.32 Å². The number of nitrogens with one attached hydrogen (secondary N) is 1. The Morgan fingerprint density at radius 3 is 2.31 bits per heavy atom. The molecule has 1 aliphatic carbocycles. The summed E-state index contributed by atoms with van der Waals surface area (Å²) in [5.41, 5.74) is 2.90. The molecule has 2 N–H and O–H groups in total. The minimum absolute atomic E-state index is 0.0382. The molecule has 3 heteroatoms. The number of hydrogen-bond acceptors (Lipinski definition) is 2. The van der Waals surface area contributed by atoms with Crippen LogP contribution in [0.1, 0.15) is 34.3 Å². The normalized spacial score (nSPS) is 23.7. The van der Waals surface area contributed by atoms with Gasteiger partial charge in [-0.15, -0.1) is 0 Å². The van der Waals surface area contributed by atoms with Gasteiger partial charge in [0.2, 0.25) is 0 Å². The Morgan fingerprint density at radius 2 is 1.81 bits per heavy atom. The van der Waals surface area contributed by atoms with Crippen molar-refractivity contribution >= 4 is 5.91 Å². The Hall–Kier alpha value is -1.35. The van der Waals surface area contributed by atoms with Crippen molar-refractivity contribution < 1.29 is 9.90 Å². The quantitative estimate of drug-likeness (QED) is 0.793. The van der Waals surface area contributed by atoms with Gasteiger partial charge in [-0.05, 0) is 38.8 Å². The zero-order valence-corrected chi connectivity index (χ0v) is 9.66. The predicted octanol–water partition coefficient (Wildman–Crippen LogP) is 1.56. The van der Waals surface area contributed by atoms with Gasteiger partial charge in [-0.25, -0.2) is 0 Å². The lowest BCUT2D eigenvalue weighted by molar-refractivity contribution is 0.0562. The Labute approximate surface area is 95.5 Å². The van der Waals surface area contributed by atoms with E-state index < -0.39 is 0 Å². The van der Waals surface area contributed by atoms with Crippen LogP contribution in [0.4, 0.5) is 0 Å². The summed E-state index contributed by atoms with van der Waals surface area (Å²) in [6.45, 7) is 3.97. The Morgan fingerprint density at radius 1 is 1.25 bits per heavy atom. The molecule has 0 aliphatic heterocycles. The smallest absolute Gasteiger partial charge is 0.251 e. The van der Waals surface area contributed by atoms with Crippen LogP contribution in [-0.4, -0.2) is 23.2 Å². The number of carbonyl (C=O) groups excluding carboxylic acids is 1. The maximum atomic E-state index is 11.9. The van der Waals surface area contributed by atoms with Gasteiger partial charge in [-0.3, -0.25) is 4.79 Å². The maximum Gasteiger partial charge on any atom is 0.251 e. The molecule has 1 aromatic rings. The molecular weight excluding hydrogens is 202 g/mol. The molecule has 1 amide bonds. The molecule has 1 aromatic carbocycles. The summed E-state index contributed by atoms with van der Waals surface area (Å²) in [7, 11) is 0. The van der Waals surface area contributed by atoms with E-state index in [0.717, 1.165) is 11.1 Å². The van der Waals surface area contributed by atoms with Gasteiger partial charge >= 0.3 is 0 Å². The molecule has 0 atom stereocenters. The molecule has 0 bridgehead atoms. The molecule has 1 aliphatic rings. The van der Waals surface area contributed by atoms with E-state index >= 15 is 0 Å². The number of rotatable bonds is 2. The number of amides is 1. The summed E-state index contributed by atoms with van der Waals surface area (Å²) in [5, 5.41) is 12.1. The molecule has 16 heavy (non-hydrogen) atoms. The van der Waals surface area contributed by atoms with E-state index in [0.29, 0.717) is 18.4 Å². The Balaban J connectivity index is 2.03. The standard InChI is InChI=1S/C13H17NO2/c1-8-3-9(2)5-10(4-8)13(16)14-11-6-12(15)7-11/h3-5,11-12,15H,6-7H2,1-2H3,(H,14,16). The molecular formula is C13H17NO2. The van der Waals surface area contributed by atoms with Gasteiger partial charge in [0.05, 0.1) is 6.10 Å². The van der Waals surface area contributed by atoms with E-state index in [1.165, 1.54) is 0 Å². The summed E-state index contributed by atoms with van der Waals surface area (Å²) >= 11 is 0. The first-order valence-corrected chi connectivity index (χ1v) is 5.62. The fourth-order valence-corrected chi connectivity index (χ4v) is 2.08. The molecule has 3 nitrogen and oxygen atoms in total. The minimum atomic E-state index is -0.232. The number of aliphatic hydroxyl groups is 1. The van der Waals surface area contributed by atoms with Crippen LogP contribution in [0.15, 0.2) is 18.2 Å². The van der Waals surface area contributed by atoms with E-state index in [-0.39, 0.29) is 18.1 Å². The van der Waals surface area contributed by atoms with Crippen molar-refractivity contribution in [3.8, 4) is 0 Å². The van der Waals surface area contributed by atoms with Crippen molar-refractivity contribution in [2.24, 2.45) is 0 Å². The van der Waals surface area contributed by atoms with Crippen LogP contribution in [0, 0.1) is 13.8 Å². The molecule has 0 spiro atoms. The molecule has 0 aromatic heterocycles. The van der Waals surface area contributed by atoms with Gasteiger partial charge in [-0.2, -0.15) is 0 Å². The Bertz CT molecular complexity index is 388. The lowest BCUT2D eigenvalue weighted by Crippen LogP contribution is -2.46. The summed E-state index contributed by atoms with van der Waals surface area (Å²) in [5.74, 6) is -0.0382. The summed E-state index contributed by atoms with van der Waals surface area (Å²) in [6.07, 6.45) is 1.12. The van der Waals surface area contributed by atoms with Crippen molar-refractivity contribution in [2.45, 2.75) is 38.8 Å². The van der Waals surface area contributed by atoms with E-state index in [1.807, 2.05) is 32.0 Å². The van der Waals surface area contributed by atoms with Gasteiger partial charge in [0.1, 0.15) is 0 Å². The molecule has 0 radical (unpaired) electrons. The predicted molar refractivity (Wildman–Crippen MR) is 62.4 cm³/mol. The number of aliphatic hydroxyl groups excluding tert-OH is 1. The topological polar surface area (TPSA) is 49.3 Å². The number of aryl methyl sites for hydroxylation is 2. The van der Waals surface area contributed by atoms with Crippen molar-refractivity contribution in [3.63, 3.8) is 0 Å². The zero-order valence-electron chi connectivity index (χ0n) is 9.66. The van der Waals surface area contributed by atoms with E-state index in [9.17, 15) is 4.79 Å². The summed E-state index contributed by atoms with van der Waals surface area (Å²) in [4.78, 5) is 11.9. The van der Waals surface area contributed by atoms with Crippen molar-refractivity contribution in [3.05, 3.63) is 34.9 Å². The molecule has 1 saturated carbocycles. The fourth-order valence-electron chi connectivity index (χ4n) is 2.08. The van der Waals surface area contributed by atoms with Crippen LogP contribution in [0.25, 0.3) is 0 Å². The second-order valence-electron chi connectivity index (χ2n) is 4.67. The third-order valence-corrected chi connectivity index (χ3v) is 2.93. The minimum Gasteiger partial charge on any atom is -0.393 e. The third kappa shape index (κ3) is 2.42. The van der Waals surface area contributed by atoms with Crippen molar-refractivity contribution in [2.75, 3.05) is 0 Å². The molecule has 86 valence electrons.